The molecular formula is C25H35N3O3S. The zero-order valence-corrected chi connectivity index (χ0v) is 20.2. The molecule has 5 rings (SSSR count). The van der Waals surface area contributed by atoms with E-state index in [-0.39, 0.29) is 5.91 Å². The fourth-order valence-corrected chi connectivity index (χ4v) is 6.91. The molecule has 0 spiro atoms. The molecule has 1 amide bonds. The maximum Gasteiger partial charge on any atom is 0.253 e. The average Bonchev–Trinajstić information content (AvgIpc) is 3.13. The summed E-state index contributed by atoms with van der Waals surface area (Å²) >= 11 is 0. The SMILES string of the molecule is C=S(C)(=O)n1c2c(c3cc(C(=O)N4CCC(C)CC4)ccc31)CN(C1CCOCC1)CC2. The summed E-state index contributed by atoms with van der Waals surface area (Å²) in [5.74, 6) is 4.81. The molecule has 1 aromatic heterocycles. The third kappa shape index (κ3) is 3.99. The van der Waals surface area contributed by atoms with Crippen LogP contribution in [0, 0.1) is 5.92 Å². The molecule has 0 radical (unpaired) electrons. The number of likely N-dealkylation sites (tertiary alicyclic amines) is 1. The van der Waals surface area contributed by atoms with E-state index in [1.807, 2.05) is 27.1 Å². The smallest absolute Gasteiger partial charge is 0.253 e. The van der Waals surface area contributed by atoms with Crippen LogP contribution in [-0.4, -0.2) is 74.9 Å². The van der Waals surface area contributed by atoms with E-state index in [1.165, 1.54) is 5.56 Å². The Balaban J connectivity index is 1.54. The van der Waals surface area contributed by atoms with Gasteiger partial charge >= 0.3 is 0 Å². The van der Waals surface area contributed by atoms with Crippen LogP contribution >= 0.6 is 0 Å². The number of hydrogen-bond donors (Lipinski definition) is 0. The van der Waals surface area contributed by atoms with E-state index in [0.29, 0.717) is 12.0 Å². The largest absolute Gasteiger partial charge is 0.381 e. The van der Waals surface area contributed by atoms with Crippen molar-refractivity contribution in [2.75, 3.05) is 39.1 Å². The van der Waals surface area contributed by atoms with E-state index in [1.54, 1.807) is 6.26 Å². The van der Waals surface area contributed by atoms with Gasteiger partial charge in [0, 0.05) is 84.5 Å². The van der Waals surface area contributed by atoms with Crippen molar-refractivity contribution in [1.82, 2.24) is 13.8 Å². The van der Waals surface area contributed by atoms with E-state index < -0.39 is 9.71 Å². The van der Waals surface area contributed by atoms with Crippen LogP contribution in [0.15, 0.2) is 18.2 Å². The Labute approximate surface area is 191 Å². The van der Waals surface area contributed by atoms with Crippen molar-refractivity contribution < 1.29 is 13.7 Å². The average molecular weight is 458 g/mol. The van der Waals surface area contributed by atoms with Gasteiger partial charge in [-0.3, -0.25) is 13.7 Å². The highest BCUT2D eigenvalue weighted by Gasteiger charge is 2.31. The minimum atomic E-state index is -2.45. The summed E-state index contributed by atoms with van der Waals surface area (Å²) in [5, 5.41) is 1.06. The zero-order chi connectivity index (χ0) is 22.5. The Kier molecular flexibility index (Phi) is 5.84. The van der Waals surface area contributed by atoms with Gasteiger partial charge in [0.15, 0.2) is 0 Å². The van der Waals surface area contributed by atoms with Crippen molar-refractivity contribution >= 4 is 32.4 Å². The lowest BCUT2D eigenvalue weighted by atomic mass is 9.97. The summed E-state index contributed by atoms with van der Waals surface area (Å²) in [7, 11) is -2.45. The number of hydrogen-bond acceptors (Lipinski definition) is 4. The molecule has 1 atom stereocenters. The summed E-state index contributed by atoms with van der Waals surface area (Å²) in [5.41, 5.74) is 4.03. The Morgan fingerprint density at radius 1 is 1.12 bits per heavy atom. The molecule has 4 heterocycles. The number of ether oxygens (including phenoxy) is 1. The Hall–Kier alpha value is -1.83. The van der Waals surface area contributed by atoms with Crippen molar-refractivity contribution in [3.63, 3.8) is 0 Å². The number of benzene rings is 1. The van der Waals surface area contributed by atoms with Gasteiger partial charge in [0.25, 0.3) is 5.91 Å². The first-order chi connectivity index (χ1) is 15.3. The number of carbonyl (C=O) groups is 1. The van der Waals surface area contributed by atoms with Gasteiger partial charge in [0.1, 0.15) is 0 Å². The summed E-state index contributed by atoms with van der Waals surface area (Å²) in [6, 6.07) is 6.47. The van der Waals surface area contributed by atoms with Crippen molar-refractivity contribution in [3.8, 4) is 0 Å². The summed E-state index contributed by atoms with van der Waals surface area (Å²) in [4.78, 5) is 17.8. The molecule has 174 valence electrons. The third-order valence-electron chi connectivity index (χ3n) is 7.54. The van der Waals surface area contributed by atoms with Crippen LogP contribution in [0.4, 0.5) is 0 Å². The van der Waals surface area contributed by atoms with E-state index in [4.69, 9.17) is 4.74 Å². The highest BCUT2D eigenvalue weighted by Crippen LogP contribution is 2.35. The molecule has 6 nitrogen and oxygen atoms in total. The van der Waals surface area contributed by atoms with Crippen LogP contribution < -0.4 is 0 Å². The number of aromatic nitrogens is 1. The second kappa shape index (κ2) is 8.50. The van der Waals surface area contributed by atoms with Gasteiger partial charge < -0.3 is 9.64 Å². The van der Waals surface area contributed by atoms with Crippen molar-refractivity contribution in [2.24, 2.45) is 5.92 Å². The summed E-state index contributed by atoms with van der Waals surface area (Å²) in [6.45, 7) is 7.36. The van der Waals surface area contributed by atoms with Gasteiger partial charge in [0.05, 0.1) is 5.52 Å². The maximum absolute atomic E-state index is 13.3. The number of carbonyl (C=O) groups excluding carboxylic acids is 1. The normalized spacial score (nSPS) is 23.2. The lowest BCUT2D eigenvalue weighted by Crippen LogP contribution is -2.42. The van der Waals surface area contributed by atoms with Gasteiger partial charge in [-0.2, -0.15) is 0 Å². The molecule has 1 aromatic carbocycles. The first kappa shape index (κ1) is 22.0. The van der Waals surface area contributed by atoms with Crippen LogP contribution in [0.1, 0.15) is 54.2 Å². The predicted octanol–water partition coefficient (Wildman–Crippen LogP) is 3.16. The fourth-order valence-electron chi connectivity index (χ4n) is 5.67. The molecule has 2 fully saturated rings. The molecule has 0 aliphatic carbocycles. The molecular weight excluding hydrogens is 422 g/mol. The quantitative estimate of drug-likeness (QED) is 0.665. The topological polar surface area (TPSA) is 54.8 Å². The number of amides is 1. The van der Waals surface area contributed by atoms with Crippen molar-refractivity contribution in [1.29, 1.82) is 0 Å². The molecule has 3 aliphatic rings. The summed E-state index contributed by atoms with van der Waals surface area (Å²) in [6.07, 6.45) is 6.83. The van der Waals surface area contributed by atoms with Crippen LogP contribution in [0.5, 0.6) is 0 Å². The van der Waals surface area contributed by atoms with Crippen LogP contribution in [-0.2, 0) is 27.4 Å². The minimum absolute atomic E-state index is 0.115. The molecule has 0 saturated carbocycles. The lowest BCUT2D eigenvalue weighted by molar-refractivity contribution is 0.0291. The van der Waals surface area contributed by atoms with Crippen molar-refractivity contribution in [2.45, 2.75) is 51.6 Å². The monoisotopic (exact) mass is 457 g/mol. The number of piperidine rings is 1. The highest BCUT2D eigenvalue weighted by atomic mass is 32.2. The van der Waals surface area contributed by atoms with E-state index >= 15 is 0 Å². The van der Waals surface area contributed by atoms with E-state index in [2.05, 4.69) is 17.7 Å². The number of rotatable bonds is 3. The second-order valence-electron chi connectivity index (χ2n) is 9.95. The zero-order valence-electron chi connectivity index (χ0n) is 19.3. The number of nitrogens with zero attached hydrogens (tertiary/aromatic N) is 3. The van der Waals surface area contributed by atoms with Gasteiger partial charge in [-0.1, -0.05) is 6.92 Å². The molecule has 3 aliphatic heterocycles. The van der Waals surface area contributed by atoms with Gasteiger partial charge in [-0.15, -0.1) is 0 Å². The Morgan fingerprint density at radius 3 is 2.53 bits per heavy atom. The van der Waals surface area contributed by atoms with Crippen LogP contribution in [0.2, 0.25) is 0 Å². The highest BCUT2D eigenvalue weighted by molar-refractivity contribution is 7.98. The third-order valence-corrected chi connectivity index (χ3v) is 8.73. The first-order valence-corrected chi connectivity index (χ1v) is 14.0. The molecule has 1 unspecified atom stereocenters. The molecule has 7 heteroatoms. The molecule has 0 bridgehead atoms. The van der Waals surface area contributed by atoms with Crippen LogP contribution in [0.3, 0.4) is 0 Å². The standard InChI is InChI=1S/C25H35N3O3S/c1-18-6-11-26(12-7-18)25(29)19-4-5-23-21(16-19)22-17-27(20-9-14-31-15-10-20)13-8-24(22)28(23)32(2,3)30/h4-5,16,18,20H,2,6-15,17H2,1,3H3. The minimum Gasteiger partial charge on any atom is -0.381 e. The van der Waals surface area contributed by atoms with E-state index in [9.17, 15) is 9.00 Å². The molecule has 2 saturated heterocycles. The van der Waals surface area contributed by atoms with Gasteiger partial charge in [0.2, 0.25) is 0 Å². The number of fused-ring (bicyclic) bond motifs is 3. The van der Waals surface area contributed by atoms with Gasteiger partial charge in [-0.25, -0.2) is 4.21 Å². The van der Waals surface area contributed by atoms with Gasteiger partial charge in [-0.05, 0) is 61.2 Å². The first-order valence-electron chi connectivity index (χ1n) is 11.9. The molecule has 32 heavy (non-hydrogen) atoms. The van der Waals surface area contributed by atoms with Crippen LogP contribution in [0.25, 0.3) is 10.9 Å². The Morgan fingerprint density at radius 2 is 1.84 bits per heavy atom. The van der Waals surface area contributed by atoms with E-state index in [0.717, 1.165) is 93.7 Å². The van der Waals surface area contributed by atoms with Crippen molar-refractivity contribution in [3.05, 3.63) is 35.0 Å². The predicted molar refractivity (Wildman–Crippen MR) is 131 cm³/mol. The Bertz CT molecular complexity index is 1120. The fraction of sp³-hybridized carbons (Fsp3) is 0.600. The lowest BCUT2D eigenvalue weighted by Gasteiger charge is -2.37. The second-order valence-corrected chi connectivity index (χ2v) is 12.2. The summed E-state index contributed by atoms with van der Waals surface area (Å²) < 4.78 is 20.7. The molecule has 0 N–H and O–H groups in total. The maximum atomic E-state index is 13.3. The molecule has 2 aromatic rings.